The number of aromatic nitrogens is 8. The molecule has 0 spiro atoms. The highest BCUT2D eigenvalue weighted by Gasteiger charge is 2.27. The van der Waals surface area contributed by atoms with Crippen LogP contribution < -0.4 is 10.6 Å². The maximum Gasteiger partial charge on any atom is 0.241 e. The zero-order valence-corrected chi connectivity index (χ0v) is 24.4. The molecule has 4 aromatic heterocycles. The quantitative estimate of drug-likeness (QED) is 0.248. The summed E-state index contributed by atoms with van der Waals surface area (Å²) in [7, 11) is 7.93. The van der Waals surface area contributed by atoms with Crippen molar-refractivity contribution in [2.24, 2.45) is 14.1 Å². The highest BCUT2D eigenvalue weighted by atomic mass is 16.2. The fourth-order valence-electron chi connectivity index (χ4n) is 5.30. The van der Waals surface area contributed by atoms with Crippen molar-refractivity contribution in [3.63, 3.8) is 0 Å². The van der Waals surface area contributed by atoms with Gasteiger partial charge in [-0.3, -0.25) is 18.8 Å². The van der Waals surface area contributed by atoms with Gasteiger partial charge in [0.25, 0.3) is 0 Å². The summed E-state index contributed by atoms with van der Waals surface area (Å²) in [5.74, 6) is 0.948. The van der Waals surface area contributed by atoms with Crippen molar-refractivity contribution < 1.29 is 4.79 Å². The number of fused-ring (bicyclic) bond motifs is 3. The largest absolute Gasteiger partial charge is 0.354 e. The Bertz CT molecular complexity index is 1710. The number of aryl methyl sites for hydroxylation is 4. The zero-order valence-electron chi connectivity index (χ0n) is 24.4. The number of nitrogens with zero attached hydrogens (tertiary/aromatic N) is 9. The topological polar surface area (TPSA) is 124 Å². The first-order valence-corrected chi connectivity index (χ1v) is 14.1. The SMILES string of the molecule is CN(C)CCCNC(=O)Cn1ccc(Nc2ncc3c(n2)-c2c(nn(C)c2-c2ccc(-c4cnn(C)c4)cc2)CC3)n1. The van der Waals surface area contributed by atoms with Gasteiger partial charge in [0, 0.05) is 62.0 Å². The Hall–Kier alpha value is -4.84. The van der Waals surface area contributed by atoms with Gasteiger partial charge >= 0.3 is 0 Å². The molecule has 216 valence electrons. The molecule has 12 nitrogen and oxygen atoms in total. The van der Waals surface area contributed by atoms with Crippen LogP contribution in [0.25, 0.3) is 33.6 Å². The molecule has 0 fully saturated rings. The fourth-order valence-corrected chi connectivity index (χ4v) is 5.30. The molecular weight excluding hydrogens is 530 g/mol. The molecule has 6 rings (SSSR count). The van der Waals surface area contributed by atoms with Crippen LogP contribution in [0.3, 0.4) is 0 Å². The molecule has 42 heavy (non-hydrogen) atoms. The number of hydrogen-bond acceptors (Lipinski definition) is 8. The smallest absolute Gasteiger partial charge is 0.241 e. The van der Waals surface area contributed by atoms with E-state index in [9.17, 15) is 4.79 Å². The minimum Gasteiger partial charge on any atom is -0.354 e. The van der Waals surface area contributed by atoms with Gasteiger partial charge in [0.2, 0.25) is 11.9 Å². The van der Waals surface area contributed by atoms with Crippen LogP contribution in [-0.4, -0.2) is 77.3 Å². The Balaban J connectivity index is 1.20. The molecule has 2 N–H and O–H groups in total. The van der Waals surface area contributed by atoms with Crippen LogP contribution in [0.4, 0.5) is 11.8 Å². The maximum absolute atomic E-state index is 12.3. The van der Waals surface area contributed by atoms with E-state index in [0.29, 0.717) is 18.3 Å². The first-order valence-electron chi connectivity index (χ1n) is 14.1. The summed E-state index contributed by atoms with van der Waals surface area (Å²) < 4.78 is 5.36. The summed E-state index contributed by atoms with van der Waals surface area (Å²) in [5, 5.41) is 19.8. The van der Waals surface area contributed by atoms with Crippen LogP contribution in [0.1, 0.15) is 17.7 Å². The van der Waals surface area contributed by atoms with E-state index in [2.05, 4.69) is 55.0 Å². The van der Waals surface area contributed by atoms with Crippen molar-refractivity contribution in [2.45, 2.75) is 25.8 Å². The predicted molar refractivity (Wildman–Crippen MR) is 161 cm³/mol. The molecule has 0 aliphatic heterocycles. The van der Waals surface area contributed by atoms with Crippen LogP contribution >= 0.6 is 0 Å². The van der Waals surface area contributed by atoms with E-state index in [1.165, 1.54) is 0 Å². The number of hydrogen-bond donors (Lipinski definition) is 2. The third kappa shape index (κ3) is 5.79. The van der Waals surface area contributed by atoms with E-state index < -0.39 is 0 Å². The molecule has 4 heterocycles. The lowest BCUT2D eigenvalue weighted by Crippen LogP contribution is -2.30. The van der Waals surface area contributed by atoms with Crippen molar-refractivity contribution >= 4 is 17.7 Å². The molecule has 12 heteroatoms. The van der Waals surface area contributed by atoms with Crippen LogP contribution in [0.15, 0.2) is 55.1 Å². The molecule has 0 radical (unpaired) electrons. The average Bonchev–Trinajstić information content (AvgIpc) is 3.69. The van der Waals surface area contributed by atoms with Gasteiger partial charge in [-0.15, -0.1) is 0 Å². The van der Waals surface area contributed by atoms with Gasteiger partial charge in [0.15, 0.2) is 5.82 Å². The minimum absolute atomic E-state index is 0.0708. The van der Waals surface area contributed by atoms with Gasteiger partial charge in [0.1, 0.15) is 6.54 Å². The number of benzene rings is 1. The summed E-state index contributed by atoms with van der Waals surface area (Å²) in [6, 6.07) is 10.3. The molecule has 0 bridgehead atoms. The van der Waals surface area contributed by atoms with Crippen molar-refractivity contribution in [1.29, 1.82) is 0 Å². The van der Waals surface area contributed by atoms with Gasteiger partial charge < -0.3 is 15.5 Å². The van der Waals surface area contributed by atoms with Crippen molar-refractivity contribution in [1.82, 2.24) is 49.5 Å². The second kappa shape index (κ2) is 11.6. The Labute approximate surface area is 244 Å². The number of amides is 1. The maximum atomic E-state index is 12.3. The van der Waals surface area contributed by atoms with Crippen molar-refractivity contribution in [3.8, 4) is 33.6 Å². The number of carbonyl (C=O) groups is 1. The van der Waals surface area contributed by atoms with Crippen LogP contribution in [0.5, 0.6) is 0 Å². The Morgan fingerprint density at radius 2 is 1.81 bits per heavy atom. The van der Waals surface area contributed by atoms with E-state index in [-0.39, 0.29) is 12.5 Å². The van der Waals surface area contributed by atoms with Crippen LogP contribution in [-0.2, 0) is 38.3 Å². The lowest BCUT2D eigenvalue weighted by Gasteiger charge is -2.17. The van der Waals surface area contributed by atoms with E-state index in [1.807, 2.05) is 57.5 Å². The lowest BCUT2D eigenvalue weighted by molar-refractivity contribution is -0.121. The van der Waals surface area contributed by atoms with Gasteiger partial charge in [-0.1, -0.05) is 24.3 Å². The first-order chi connectivity index (χ1) is 20.3. The summed E-state index contributed by atoms with van der Waals surface area (Å²) in [6.07, 6.45) is 10.1. The molecule has 1 amide bonds. The minimum atomic E-state index is -0.0708. The zero-order chi connectivity index (χ0) is 29.2. The fraction of sp³-hybridized carbons (Fsp3) is 0.333. The highest BCUT2D eigenvalue weighted by molar-refractivity contribution is 5.85. The number of anilines is 2. The Kier molecular flexibility index (Phi) is 7.53. The average molecular weight is 566 g/mol. The summed E-state index contributed by atoms with van der Waals surface area (Å²) in [4.78, 5) is 23.9. The van der Waals surface area contributed by atoms with E-state index >= 15 is 0 Å². The molecule has 1 aromatic carbocycles. The van der Waals surface area contributed by atoms with E-state index in [4.69, 9.17) is 10.1 Å². The molecule has 5 aromatic rings. The van der Waals surface area contributed by atoms with Gasteiger partial charge in [-0.25, -0.2) is 9.97 Å². The molecule has 0 unspecified atom stereocenters. The second-order valence-electron chi connectivity index (χ2n) is 10.9. The third-order valence-corrected chi connectivity index (χ3v) is 7.34. The van der Waals surface area contributed by atoms with E-state index in [0.717, 1.165) is 70.7 Å². The molecule has 1 aliphatic rings. The van der Waals surface area contributed by atoms with Gasteiger partial charge in [-0.05, 0) is 51.0 Å². The monoisotopic (exact) mass is 565 g/mol. The molecule has 0 saturated heterocycles. The van der Waals surface area contributed by atoms with Crippen molar-refractivity contribution in [2.75, 3.05) is 32.5 Å². The van der Waals surface area contributed by atoms with Crippen LogP contribution in [0, 0.1) is 0 Å². The van der Waals surface area contributed by atoms with Crippen LogP contribution in [0.2, 0.25) is 0 Å². The van der Waals surface area contributed by atoms with Gasteiger partial charge in [-0.2, -0.15) is 15.3 Å². The molecule has 1 aliphatic carbocycles. The standard InChI is InChI=1S/C30H35N11O/c1-38(2)14-5-13-31-26(42)19-41-15-12-25(37-41)34-30-32-16-22-10-11-24-27(28(22)35-30)29(40(4)36-24)21-8-6-20(7-9-21)23-17-33-39(3)18-23/h6-9,12,15-18H,5,10-11,13-14,19H2,1-4H3,(H,31,42)(H,32,34,35,37). The number of carbonyl (C=O) groups excluding carboxylic acids is 1. The second-order valence-corrected chi connectivity index (χ2v) is 10.9. The third-order valence-electron chi connectivity index (χ3n) is 7.34. The number of rotatable bonds is 10. The number of nitrogens with one attached hydrogen (secondary N) is 2. The highest BCUT2D eigenvalue weighted by Crippen LogP contribution is 2.40. The summed E-state index contributed by atoms with van der Waals surface area (Å²) in [5.41, 5.74) is 8.31. The molecule has 0 atom stereocenters. The lowest BCUT2D eigenvalue weighted by atomic mass is 9.91. The van der Waals surface area contributed by atoms with E-state index in [1.54, 1.807) is 15.6 Å². The normalized spacial score (nSPS) is 12.3. The van der Waals surface area contributed by atoms with Gasteiger partial charge in [0.05, 0.1) is 23.3 Å². The molecule has 0 saturated carbocycles. The molecular formula is C30H35N11O. The predicted octanol–water partition coefficient (Wildman–Crippen LogP) is 3.05. The first kappa shape index (κ1) is 27.3. The summed E-state index contributed by atoms with van der Waals surface area (Å²) >= 11 is 0. The summed E-state index contributed by atoms with van der Waals surface area (Å²) in [6.45, 7) is 1.72. The van der Waals surface area contributed by atoms with Crippen molar-refractivity contribution in [3.05, 3.63) is 66.4 Å². The Morgan fingerprint density at radius 1 is 1.00 bits per heavy atom. The Morgan fingerprint density at radius 3 is 2.57 bits per heavy atom.